The molecule has 1 aliphatic heterocycles. The van der Waals surface area contributed by atoms with E-state index in [1.54, 1.807) is 14.2 Å². The van der Waals surface area contributed by atoms with Gasteiger partial charge in [0.05, 0.1) is 20.3 Å². The average molecular weight is 409 g/mol. The third-order valence-electron chi connectivity index (χ3n) is 4.54. The zero-order valence-electron chi connectivity index (χ0n) is 17.6. The third-order valence-corrected chi connectivity index (χ3v) is 4.91. The Kier molecular flexibility index (Phi) is 7.35. The second-order valence-electron chi connectivity index (χ2n) is 7.79. The lowest BCUT2D eigenvalue weighted by atomic mass is 9.92. The lowest BCUT2D eigenvalue weighted by molar-refractivity contribution is 0.224. The molecule has 0 spiro atoms. The number of carbonyl (C=O) groups is 1. The van der Waals surface area contributed by atoms with Gasteiger partial charge in [-0.3, -0.25) is 0 Å². The number of hydrogen-bond donors (Lipinski definition) is 3. The molecule has 1 aliphatic rings. The van der Waals surface area contributed by atoms with E-state index in [-0.39, 0.29) is 17.6 Å². The molecule has 0 saturated heterocycles. The average Bonchev–Trinajstić information content (AvgIpc) is 2.63. The molecule has 8 heteroatoms. The van der Waals surface area contributed by atoms with E-state index in [1.165, 1.54) is 5.56 Å². The van der Waals surface area contributed by atoms with E-state index in [0.717, 1.165) is 25.1 Å². The van der Waals surface area contributed by atoms with Gasteiger partial charge in [0, 0.05) is 25.2 Å². The molecule has 0 saturated carbocycles. The van der Waals surface area contributed by atoms with Crippen molar-refractivity contribution in [3.63, 3.8) is 0 Å². The first-order chi connectivity index (χ1) is 13.2. The molecule has 1 aromatic carbocycles. The van der Waals surface area contributed by atoms with Crippen molar-refractivity contribution < 1.29 is 14.3 Å². The minimum atomic E-state index is -0.302. The van der Waals surface area contributed by atoms with Gasteiger partial charge in [-0.1, -0.05) is 0 Å². The van der Waals surface area contributed by atoms with Crippen LogP contribution in [0.1, 0.15) is 44.9 Å². The standard InChI is InChI=1S/C20H32N4O3S/c1-7-21-19(28)24-9-8-13-10-16(26-5)17(27-6)11-14(13)15(24)12-22-18(25)23-20(2,3)4/h10-11,15H,7-9,12H2,1-6H3,(H,21,28)(H2,22,23,25)/t15-/m0/s1. The van der Waals surface area contributed by atoms with Crippen molar-refractivity contribution in [2.75, 3.05) is 33.9 Å². The summed E-state index contributed by atoms with van der Waals surface area (Å²) in [6, 6.07) is 3.71. The Morgan fingerprint density at radius 1 is 1.21 bits per heavy atom. The quantitative estimate of drug-likeness (QED) is 0.651. The number of carbonyl (C=O) groups excluding carboxylic acids is 1. The molecule has 2 rings (SSSR count). The maximum absolute atomic E-state index is 12.3. The predicted octanol–water partition coefficient (Wildman–Crippen LogP) is 2.60. The van der Waals surface area contributed by atoms with Crippen LogP contribution in [0.15, 0.2) is 12.1 Å². The van der Waals surface area contributed by atoms with Gasteiger partial charge in [-0.05, 0) is 69.6 Å². The number of nitrogens with one attached hydrogen (secondary N) is 3. The Morgan fingerprint density at radius 3 is 2.43 bits per heavy atom. The Morgan fingerprint density at radius 2 is 1.86 bits per heavy atom. The summed E-state index contributed by atoms with van der Waals surface area (Å²) in [5, 5.41) is 9.83. The van der Waals surface area contributed by atoms with Crippen LogP contribution in [-0.2, 0) is 6.42 Å². The van der Waals surface area contributed by atoms with Gasteiger partial charge in [0.25, 0.3) is 0 Å². The molecule has 2 amide bonds. The Bertz CT molecular complexity index is 718. The molecule has 28 heavy (non-hydrogen) atoms. The molecule has 7 nitrogen and oxygen atoms in total. The predicted molar refractivity (Wildman–Crippen MR) is 115 cm³/mol. The van der Waals surface area contributed by atoms with Gasteiger partial charge in [0.1, 0.15) is 0 Å². The van der Waals surface area contributed by atoms with Crippen LogP contribution in [0.5, 0.6) is 11.5 Å². The van der Waals surface area contributed by atoms with Crippen LogP contribution in [0.2, 0.25) is 0 Å². The smallest absolute Gasteiger partial charge is 0.315 e. The van der Waals surface area contributed by atoms with Gasteiger partial charge in [-0.2, -0.15) is 0 Å². The van der Waals surface area contributed by atoms with Crippen LogP contribution >= 0.6 is 12.2 Å². The van der Waals surface area contributed by atoms with Crippen molar-refractivity contribution in [3.05, 3.63) is 23.3 Å². The number of fused-ring (bicyclic) bond motifs is 1. The number of amides is 2. The summed E-state index contributed by atoms with van der Waals surface area (Å²) in [4.78, 5) is 14.4. The van der Waals surface area contributed by atoms with Crippen molar-refractivity contribution in [1.29, 1.82) is 0 Å². The molecule has 0 aromatic heterocycles. The summed E-state index contributed by atoms with van der Waals surface area (Å²) >= 11 is 5.59. The minimum absolute atomic E-state index is 0.0965. The van der Waals surface area contributed by atoms with Gasteiger partial charge in [-0.25, -0.2) is 4.79 Å². The zero-order valence-corrected chi connectivity index (χ0v) is 18.5. The summed E-state index contributed by atoms with van der Waals surface area (Å²) < 4.78 is 10.9. The Labute approximate surface area is 173 Å². The highest BCUT2D eigenvalue weighted by Crippen LogP contribution is 2.38. The molecule has 0 unspecified atom stereocenters. The van der Waals surface area contributed by atoms with Gasteiger partial charge < -0.3 is 30.3 Å². The summed E-state index contributed by atoms with van der Waals surface area (Å²) in [5.74, 6) is 1.38. The molecular formula is C20H32N4O3S. The van der Waals surface area contributed by atoms with E-state index < -0.39 is 0 Å². The lowest BCUT2D eigenvalue weighted by Crippen LogP contribution is -2.52. The van der Waals surface area contributed by atoms with Crippen molar-refractivity contribution in [3.8, 4) is 11.5 Å². The van der Waals surface area contributed by atoms with Gasteiger partial charge >= 0.3 is 6.03 Å². The minimum Gasteiger partial charge on any atom is -0.493 e. The highest BCUT2D eigenvalue weighted by molar-refractivity contribution is 7.80. The second kappa shape index (κ2) is 9.32. The first kappa shape index (κ1) is 22.1. The van der Waals surface area contributed by atoms with E-state index >= 15 is 0 Å². The molecule has 3 N–H and O–H groups in total. The SMILES string of the molecule is CCNC(=S)N1CCc2cc(OC)c(OC)cc2[C@@H]1CNC(=O)NC(C)(C)C. The largest absolute Gasteiger partial charge is 0.493 e. The molecule has 1 aromatic rings. The van der Waals surface area contributed by atoms with E-state index in [1.807, 2.05) is 39.8 Å². The maximum Gasteiger partial charge on any atom is 0.315 e. The zero-order chi connectivity index (χ0) is 20.9. The molecule has 1 atom stereocenters. The summed E-state index contributed by atoms with van der Waals surface area (Å²) in [7, 11) is 3.26. The summed E-state index contributed by atoms with van der Waals surface area (Å²) in [6.07, 6.45) is 0.839. The van der Waals surface area contributed by atoms with E-state index in [0.29, 0.717) is 23.2 Å². The van der Waals surface area contributed by atoms with E-state index in [9.17, 15) is 4.79 Å². The number of urea groups is 1. The molecule has 0 fully saturated rings. The van der Waals surface area contributed by atoms with Crippen molar-refractivity contribution >= 4 is 23.4 Å². The van der Waals surface area contributed by atoms with Crippen LogP contribution in [-0.4, -0.2) is 55.4 Å². The number of rotatable bonds is 5. The highest BCUT2D eigenvalue weighted by atomic mass is 32.1. The lowest BCUT2D eigenvalue weighted by Gasteiger charge is -2.39. The van der Waals surface area contributed by atoms with E-state index in [2.05, 4.69) is 20.9 Å². The fourth-order valence-corrected chi connectivity index (χ4v) is 3.68. The number of benzene rings is 1. The van der Waals surface area contributed by atoms with Crippen molar-refractivity contribution in [2.45, 2.75) is 45.7 Å². The molecule has 0 radical (unpaired) electrons. The summed E-state index contributed by atoms with van der Waals surface area (Å²) in [5.41, 5.74) is 1.96. The van der Waals surface area contributed by atoms with Gasteiger partial charge in [0.2, 0.25) is 0 Å². The maximum atomic E-state index is 12.3. The third kappa shape index (κ3) is 5.41. The Balaban J connectivity index is 2.32. The summed E-state index contributed by atoms with van der Waals surface area (Å²) in [6.45, 7) is 9.81. The molecule has 0 bridgehead atoms. The van der Waals surface area contributed by atoms with E-state index in [4.69, 9.17) is 21.7 Å². The molecule has 156 valence electrons. The monoisotopic (exact) mass is 408 g/mol. The van der Waals surface area contributed by atoms with Crippen LogP contribution < -0.4 is 25.4 Å². The fraction of sp³-hybridized carbons (Fsp3) is 0.600. The first-order valence-corrected chi connectivity index (χ1v) is 9.96. The van der Waals surface area contributed by atoms with Crippen LogP contribution in [0.25, 0.3) is 0 Å². The number of hydrogen-bond acceptors (Lipinski definition) is 4. The van der Waals surface area contributed by atoms with Gasteiger partial charge in [0.15, 0.2) is 16.6 Å². The highest BCUT2D eigenvalue weighted by Gasteiger charge is 2.31. The second-order valence-corrected chi connectivity index (χ2v) is 8.17. The van der Waals surface area contributed by atoms with Crippen molar-refractivity contribution in [2.24, 2.45) is 0 Å². The number of nitrogens with zero attached hydrogens (tertiary/aromatic N) is 1. The molecular weight excluding hydrogens is 376 g/mol. The van der Waals surface area contributed by atoms with Gasteiger partial charge in [-0.15, -0.1) is 0 Å². The molecule has 0 aliphatic carbocycles. The number of methoxy groups -OCH3 is 2. The van der Waals surface area contributed by atoms with Crippen LogP contribution in [0, 0.1) is 0 Å². The van der Waals surface area contributed by atoms with Crippen LogP contribution in [0.4, 0.5) is 4.79 Å². The topological polar surface area (TPSA) is 74.9 Å². The Hall–Kier alpha value is -2.22. The fourth-order valence-electron chi connectivity index (χ4n) is 3.32. The number of ether oxygens (including phenoxy) is 2. The van der Waals surface area contributed by atoms with Crippen LogP contribution in [0.3, 0.4) is 0 Å². The first-order valence-electron chi connectivity index (χ1n) is 9.55. The normalized spacial score (nSPS) is 16.1. The number of thiocarbonyl (C=S) groups is 1. The molecule has 1 heterocycles. The van der Waals surface area contributed by atoms with Crippen molar-refractivity contribution in [1.82, 2.24) is 20.9 Å².